The summed E-state index contributed by atoms with van der Waals surface area (Å²) in [5, 5.41) is 21.9. The molecule has 0 aromatic carbocycles. The molecule has 0 aliphatic heterocycles. The maximum absolute atomic E-state index is 9.79. The van der Waals surface area contributed by atoms with E-state index in [2.05, 4.69) is 12.2 Å². The second kappa shape index (κ2) is 9.73. The minimum Gasteiger partial charge on any atom is -0.396 e. The summed E-state index contributed by atoms with van der Waals surface area (Å²) < 4.78 is 5.67. The molecule has 0 amide bonds. The number of ether oxygens (including phenoxy) is 1. The summed E-state index contributed by atoms with van der Waals surface area (Å²) in [4.78, 5) is 0. The van der Waals surface area contributed by atoms with Gasteiger partial charge in [0.15, 0.2) is 0 Å². The maximum atomic E-state index is 9.79. The van der Waals surface area contributed by atoms with Gasteiger partial charge in [-0.2, -0.15) is 0 Å². The predicted octanol–water partition coefficient (Wildman–Crippen LogP) is 1.30. The fourth-order valence-corrected chi connectivity index (χ4v) is 2.45. The molecule has 0 aromatic rings. The molecule has 4 heteroatoms. The van der Waals surface area contributed by atoms with E-state index in [0.29, 0.717) is 25.2 Å². The first kappa shape index (κ1) is 15.9. The average molecular weight is 259 g/mol. The Morgan fingerprint density at radius 3 is 2.61 bits per heavy atom. The third-order valence-electron chi connectivity index (χ3n) is 3.75. The van der Waals surface area contributed by atoms with Gasteiger partial charge in [0.05, 0.1) is 18.8 Å². The Kier molecular flexibility index (Phi) is 8.59. The number of nitrogens with one attached hydrogen (secondary N) is 1. The molecule has 108 valence electrons. The molecule has 1 rings (SSSR count). The van der Waals surface area contributed by atoms with E-state index < -0.39 is 6.10 Å². The third kappa shape index (κ3) is 6.69. The van der Waals surface area contributed by atoms with Crippen LogP contribution in [0.3, 0.4) is 0 Å². The van der Waals surface area contributed by atoms with Crippen LogP contribution in [0, 0.1) is 5.92 Å². The molecular formula is C14H29NO3. The fourth-order valence-electron chi connectivity index (χ4n) is 2.45. The van der Waals surface area contributed by atoms with Gasteiger partial charge in [0.25, 0.3) is 0 Å². The Balaban J connectivity index is 1.99. The highest BCUT2D eigenvalue weighted by Gasteiger charge is 2.16. The van der Waals surface area contributed by atoms with E-state index in [1.165, 1.54) is 12.8 Å². The second-order valence-electron chi connectivity index (χ2n) is 5.34. The van der Waals surface area contributed by atoms with Crippen molar-refractivity contribution in [3.63, 3.8) is 0 Å². The molecule has 1 saturated carbocycles. The molecule has 3 N–H and O–H groups in total. The summed E-state index contributed by atoms with van der Waals surface area (Å²) in [6.45, 7) is 4.25. The number of hydrogen-bond acceptors (Lipinski definition) is 4. The van der Waals surface area contributed by atoms with Gasteiger partial charge in [0.2, 0.25) is 0 Å². The first-order valence-electron chi connectivity index (χ1n) is 7.37. The van der Waals surface area contributed by atoms with E-state index >= 15 is 0 Å². The topological polar surface area (TPSA) is 61.7 Å². The van der Waals surface area contributed by atoms with Gasteiger partial charge in [-0.1, -0.05) is 26.2 Å². The number of aliphatic hydroxyl groups excluding tert-OH is 2. The van der Waals surface area contributed by atoms with Gasteiger partial charge < -0.3 is 20.3 Å². The van der Waals surface area contributed by atoms with Crippen LogP contribution in [0.15, 0.2) is 0 Å². The van der Waals surface area contributed by atoms with Crippen LogP contribution in [0.2, 0.25) is 0 Å². The van der Waals surface area contributed by atoms with Crippen molar-refractivity contribution in [2.75, 3.05) is 26.3 Å². The van der Waals surface area contributed by atoms with Gasteiger partial charge in [0, 0.05) is 13.2 Å². The van der Waals surface area contributed by atoms with E-state index in [9.17, 15) is 5.11 Å². The van der Waals surface area contributed by atoms with Gasteiger partial charge in [-0.25, -0.2) is 0 Å². The highest BCUT2D eigenvalue weighted by molar-refractivity contribution is 4.69. The average Bonchev–Trinajstić information content (AvgIpc) is 2.88. The highest BCUT2D eigenvalue weighted by Crippen LogP contribution is 2.20. The summed E-state index contributed by atoms with van der Waals surface area (Å²) in [6, 6.07) is 0. The molecule has 18 heavy (non-hydrogen) atoms. The molecule has 0 spiro atoms. The van der Waals surface area contributed by atoms with Crippen LogP contribution in [0.5, 0.6) is 0 Å². The molecule has 2 unspecified atom stereocenters. The van der Waals surface area contributed by atoms with E-state index in [1.54, 1.807) is 0 Å². The molecular weight excluding hydrogens is 230 g/mol. The lowest BCUT2D eigenvalue weighted by Crippen LogP contribution is -2.34. The Bertz CT molecular complexity index is 195. The second-order valence-corrected chi connectivity index (χ2v) is 5.34. The lowest BCUT2D eigenvalue weighted by molar-refractivity contribution is -0.00568. The largest absolute Gasteiger partial charge is 0.396 e. The third-order valence-corrected chi connectivity index (χ3v) is 3.75. The molecule has 1 aliphatic carbocycles. The molecule has 2 atom stereocenters. The summed E-state index contributed by atoms with van der Waals surface area (Å²) in [5.74, 6) is 0.498. The normalized spacial score (nSPS) is 20.2. The number of aliphatic hydroxyl groups is 2. The molecule has 0 radical (unpaired) electrons. The summed E-state index contributed by atoms with van der Waals surface area (Å²) in [5.41, 5.74) is 0. The zero-order valence-corrected chi connectivity index (χ0v) is 11.6. The van der Waals surface area contributed by atoms with Crippen molar-refractivity contribution in [2.24, 2.45) is 5.92 Å². The van der Waals surface area contributed by atoms with E-state index in [1.807, 2.05) is 0 Å². The predicted molar refractivity (Wildman–Crippen MR) is 72.6 cm³/mol. The van der Waals surface area contributed by atoms with Gasteiger partial charge in [-0.3, -0.25) is 0 Å². The van der Waals surface area contributed by atoms with Crippen LogP contribution in [0.4, 0.5) is 0 Å². The lowest BCUT2D eigenvalue weighted by Gasteiger charge is -2.18. The quantitative estimate of drug-likeness (QED) is 0.553. The zero-order valence-electron chi connectivity index (χ0n) is 11.6. The van der Waals surface area contributed by atoms with Crippen LogP contribution in [0.25, 0.3) is 0 Å². The minimum absolute atomic E-state index is 0.244. The molecule has 0 heterocycles. The molecule has 0 saturated heterocycles. The van der Waals surface area contributed by atoms with Crippen molar-refractivity contribution < 1.29 is 14.9 Å². The summed E-state index contributed by atoms with van der Waals surface area (Å²) >= 11 is 0. The van der Waals surface area contributed by atoms with Crippen molar-refractivity contribution in [1.82, 2.24) is 5.32 Å². The Labute approximate surface area is 111 Å². The zero-order chi connectivity index (χ0) is 13.2. The first-order chi connectivity index (χ1) is 8.76. The molecule has 4 nitrogen and oxygen atoms in total. The van der Waals surface area contributed by atoms with Gasteiger partial charge in [0.1, 0.15) is 0 Å². The SMILES string of the molecule is CCC(CCO)CNCC(O)COC1CCCC1. The van der Waals surface area contributed by atoms with Crippen molar-refractivity contribution in [3.05, 3.63) is 0 Å². The number of hydrogen-bond donors (Lipinski definition) is 3. The summed E-state index contributed by atoms with van der Waals surface area (Å²) in [7, 11) is 0. The maximum Gasteiger partial charge on any atom is 0.0897 e. The van der Waals surface area contributed by atoms with Crippen LogP contribution >= 0.6 is 0 Å². The minimum atomic E-state index is -0.419. The molecule has 0 bridgehead atoms. The first-order valence-corrected chi connectivity index (χ1v) is 7.37. The van der Waals surface area contributed by atoms with Crippen LogP contribution in [0.1, 0.15) is 45.4 Å². The van der Waals surface area contributed by atoms with Crippen molar-refractivity contribution in [3.8, 4) is 0 Å². The highest BCUT2D eigenvalue weighted by atomic mass is 16.5. The van der Waals surface area contributed by atoms with Crippen molar-refractivity contribution in [1.29, 1.82) is 0 Å². The van der Waals surface area contributed by atoms with Crippen molar-refractivity contribution in [2.45, 2.75) is 57.7 Å². The molecule has 1 aliphatic rings. The van der Waals surface area contributed by atoms with E-state index in [-0.39, 0.29) is 6.61 Å². The van der Waals surface area contributed by atoms with Crippen LogP contribution < -0.4 is 5.32 Å². The van der Waals surface area contributed by atoms with Gasteiger partial charge in [-0.15, -0.1) is 0 Å². The smallest absolute Gasteiger partial charge is 0.0897 e. The fraction of sp³-hybridized carbons (Fsp3) is 1.00. The molecule has 0 aromatic heterocycles. The molecule has 1 fully saturated rings. The van der Waals surface area contributed by atoms with Crippen LogP contribution in [-0.4, -0.2) is 48.7 Å². The number of rotatable bonds is 10. The summed E-state index contributed by atoms with van der Waals surface area (Å²) in [6.07, 6.45) is 6.66. The Morgan fingerprint density at radius 2 is 2.00 bits per heavy atom. The van der Waals surface area contributed by atoms with Crippen LogP contribution in [-0.2, 0) is 4.74 Å². The lowest BCUT2D eigenvalue weighted by atomic mass is 10.0. The van der Waals surface area contributed by atoms with Gasteiger partial charge in [-0.05, 0) is 31.7 Å². The van der Waals surface area contributed by atoms with Gasteiger partial charge >= 0.3 is 0 Å². The Hall–Kier alpha value is -0.160. The Morgan fingerprint density at radius 1 is 1.28 bits per heavy atom. The standard InChI is InChI=1S/C14H29NO3/c1-2-12(7-8-16)9-15-10-13(17)11-18-14-5-3-4-6-14/h12-17H,2-11H2,1H3. The monoisotopic (exact) mass is 259 g/mol. The van der Waals surface area contributed by atoms with E-state index in [0.717, 1.165) is 32.2 Å². The van der Waals surface area contributed by atoms with E-state index in [4.69, 9.17) is 9.84 Å². The van der Waals surface area contributed by atoms with Crippen molar-refractivity contribution >= 4 is 0 Å².